The van der Waals surface area contributed by atoms with Gasteiger partial charge in [0.25, 0.3) is 0 Å². The standard InChI is InChI=1S/C23H18BrN5/c1-14-6-8-15(9-7-14)10-20-21(24)22(25)29-23(28-20)18(13-27-29)17-11-16-4-2-3-5-19(16)26-12-17/h2-9,11-13H,10,25H2,1H3. The smallest absolute Gasteiger partial charge is 0.165 e. The van der Waals surface area contributed by atoms with E-state index in [9.17, 15) is 0 Å². The van der Waals surface area contributed by atoms with E-state index >= 15 is 0 Å². The number of hydrogen-bond donors (Lipinski definition) is 1. The van der Waals surface area contributed by atoms with Crippen LogP contribution in [0.4, 0.5) is 5.82 Å². The number of halogens is 1. The number of aryl methyl sites for hydroxylation is 1. The number of hydrogen-bond acceptors (Lipinski definition) is 4. The van der Waals surface area contributed by atoms with Crippen LogP contribution in [-0.2, 0) is 6.42 Å². The third kappa shape index (κ3) is 3.15. The molecule has 142 valence electrons. The van der Waals surface area contributed by atoms with Crippen LogP contribution in [0, 0.1) is 6.92 Å². The van der Waals surface area contributed by atoms with E-state index in [4.69, 9.17) is 10.7 Å². The number of aromatic nitrogens is 4. The van der Waals surface area contributed by atoms with Crippen LogP contribution in [0.3, 0.4) is 0 Å². The normalized spacial score (nSPS) is 11.4. The van der Waals surface area contributed by atoms with Crippen molar-refractivity contribution < 1.29 is 0 Å². The Morgan fingerprint density at radius 1 is 1.03 bits per heavy atom. The van der Waals surface area contributed by atoms with Gasteiger partial charge in [-0.25, -0.2) is 4.98 Å². The molecule has 6 heteroatoms. The molecule has 0 atom stereocenters. The second-order valence-corrected chi connectivity index (χ2v) is 7.92. The third-order valence-electron chi connectivity index (χ3n) is 5.08. The van der Waals surface area contributed by atoms with Crippen molar-refractivity contribution in [3.05, 3.63) is 88.3 Å². The summed E-state index contributed by atoms with van der Waals surface area (Å²) in [6, 6.07) is 18.6. The van der Waals surface area contributed by atoms with Crippen molar-refractivity contribution in [1.29, 1.82) is 0 Å². The maximum Gasteiger partial charge on any atom is 0.165 e. The van der Waals surface area contributed by atoms with Gasteiger partial charge in [-0.05, 0) is 40.5 Å². The van der Waals surface area contributed by atoms with E-state index in [-0.39, 0.29) is 0 Å². The number of nitrogens with zero attached hydrogens (tertiary/aromatic N) is 4. The number of rotatable bonds is 3. The van der Waals surface area contributed by atoms with Gasteiger partial charge < -0.3 is 5.73 Å². The molecule has 5 rings (SSSR count). The van der Waals surface area contributed by atoms with Crippen LogP contribution in [-0.4, -0.2) is 19.6 Å². The van der Waals surface area contributed by atoms with Crippen molar-refractivity contribution in [1.82, 2.24) is 19.6 Å². The Morgan fingerprint density at radius 3 is 2.66 bits per heavy atom. The predicted molar refractivity (Wildman–Crippen MR) is 120 cm³/mol. The molecule has 3 aromatic heterocycles. The Hall–Kier alpha value is -3.25. The highest BCUT2D eigenvalue weighted by molar-refractivity contribution is 9.10. The lowest BCUT2D eigenvalue weighted by atomic mass is 10.1. The van der Waals surface area contributed by atoms with Gasteiger partial charge in [0.05, 0.1) is 21.9 Å². The first-order valence-corrected chi connectivity index (χ1v) is 10.1. The molecule has 0 bridgehead atoms. The predicted octanol–water partition coefficient (Wildman–Crippen LogP) is 5.19. The fourth-order valence-electron chi connectivity index (χ4n) is 3.48. The summed E-state index contributed by atoms with van der Waals surface area (Å²) >= 11 is 3.61. The Morgan fingerprint density at radius 2 is 1.83 bits per heavy atom. The number of benzene rings is 2. The van der Waals surface area contributed by atoms with Crippen LogP contribution >= 0.6 is 15.9 Å². The van der Waals surface area contributed by atoms with Crippen molar-refractivity contribution in [2.75, 3.05) is 5.73 Å². The summed E-state index contributed by atoms with van der Waals surface area (Å²) in [7, 11) is 0. The molecule has 0 saturated carbocycles. The van der Waals surface area contributed by atoms with Crippen LogP contribution in [0.5, 0.6) is 0 Å². The minimum Gasteiger partial charge on any atom is -0.383 e. The Bertz CT molecular complexity index is 1360. The van der Waals surface area contributed by atoms with Crippen molar-refractivity contribution in [2.24, 2.45) is 0 Å². The van der Waals surface area contributed by atoms with Crippen LogP contribution in [0.1, 0.15) is 16.8 Å². The molecule has 0 aliphatic heterocycles. The zero-order chi connectivity index (χ0) is 20.0. The summed E-state index contributed by atoms with van der Waals surface area (Å²) in [6.45, 7) is 2.08. The number of pyridine rings is 1. The SMILES string of the molecule is Cc1ccc(Cc2nc3c(-c4cnc5ccccc5c4)cnn3c(N)c2Br)cc1. The Kier molecular flexibility index (Phi) is 4.28. The number of fused-ring (bicyclic) bond motifs is 2. The highest BCUT2D eigenvalue weighted by Gasteiger charge is 2.17. The molecule has 5 nitrogen and oxygen atoms in total. The average molecular weight is 444 g/mol. The summed E-state index contributed by atoms with van der Waals surface area (Å²) in [5, 5.41) is 5.54. The summed E-state index contributed by atoms with van der Waals surface area (Å²) < 4.78 is 2.45. The molecule has 0 amide bonds. The first-order chi connectivity index (χ1) is 14.1. The highest BCUT2D eigenvalue weighted by Crippen LogP contribution is 2.31. The van der Waals surface area contributed by atoms with Crippen LogP contribution in [0.15, 0.2) is 71.5 Å². The van der Waals surface area contributed by atoms with E-state index in [2.05, 4.69) is 69.3 Å². The molecule has 29 heavy (non-hydrogen) atoms. The van der Waals surface area contributed by atoms with Gasteiger partial charge in [-0.2, -0.15) is 9.61 Å². The van der Waals surface area contributed by atoms with Crippen LogP contribution in [0.2, 0.25) is 0 Å². The lowest BCUT2D eigenvalue weighted by Gasteiger charge is -2.10. The second-order valence-electron chi connectivity index (χ2n) is 7.13. The van der Waals surface area contributed by atoms with Gasteiger partial charge in [0.15, 0.2) is 5.65 Å². The number of para-hydroxylation sites is 1. The minimum atomic E-state index is 0.539. The van der Waals surface area contributed by atoms with E-state index in [0.29, 0.717) is 12.2 Å². The molecular weight excluding hydrogens is 426 g/mol. The van der Waals surface area contributed by atoms with E-state index < -0.39 is 0 Å². The number of nitrogen functional groups attached to an aromatic ring is 1. The molecule has 0 saturated heterocycles. The Balaban J connectivity index is 1.65. The molecule has 2 aromatic carbocycles. The van der Waals surface area contributed by atoms with Crippen LogP contribution in [0.25, 0.3) is 27.7 Å². The number of anilines is 1. The molecule has 3 heterocycles. The van der Waals surface area contributed by atoms with E-state index in [1.807, 2.05) is 24.4 Å². The first kappa shape index (κ1) is 17.8. The molecule has 0 fully saturated rings. The fraction of sp³-hybridized carbons (Fsp3) is 0.0870. The first-order valence-electron chi connectivity index (χ1n) is 9.32. The van der Waals surface area contributed by atoms with Gasteiger partial charge in [-0.3, -0.25) is 4.98 Å². The molecule has 0 unspecified atom stereocenters. The molecule has 0 radical (unpaired) electrons. The van der Waals surface area contributed by atoms with Crippen molar-refractivity contribution in [3.63, 3.8) is 0 Å². The van der Waals surface area contributed by atoms with Gasteiger partial charge in [-0.1, -0.05) is 48.0 Å². The monoisotopic (exact) mass is 443 g/mol. The van der Waals surface area contributed by atoms with Gasteiger partial charge in [0, 0.05) is 29.1 Å². The van der Waals surface area contributed by atoms with E-state index in [1.54, 1.807) is 10.7 Å². The maximum absolute atomic E-state index is 6.38. The zero-order valence-electron chi connectivity index (χ0n) is 15.8. The van der Waals surface area contributed by atoms with E-state index in [0.717, 1.165) is 37.8 Å². The zero-order valence-corrected chi connectivity index (χ0v) is 17.4. The van der Waals surface area contributed by atoms with Crippen LogP contribution < -0.4 is 5.73 Å². The van der Waals surface area contributed by atoms with E-state index in [1.165, 1.54) is 11.1 Å². The Labute approximate surface area is 176 Å². The summed E-state index contributed by atoms with van der Waals surface area (Å²) in [5.41, 5.74) is 13.2. The topological polar surface area (TPSA) is 69.1 Å². The van der Waals surface area contributed by atoms with Crippen molar-refractivity contribution in [2.45, 2.75) is 13.3 Å². The van der Waals surface area contributed by atoms with Gasteiger partial charge in [0.1, 0.15) is 5.82 Å². The lowest BCUT2D eigenvalue weighted by molar-refractivity contribution is 0.922. The quantitative estimate of drug-likeness (QED) is 0.416. The summed E-state index contributed by atoms with van der Waals surface area (Å²) in [6.07, 6.45) is 4.34. The van der Waals surface area contributed by atoms with Gasteiger partial charge in [-0.15, -0.1) is 0 Å². The fourth-order valence-corrected chi connectivity index (χ4v) is 3.88. The van der Waals surface area contributed by atoms with Crippen molar-refractivity contribution >= 4 is 38.3 Å². The average Bonchev–Trinajstić information content (AvgIpc) is 3.17. The third-order valence-corrected chi connectivity index (χ3v) is 5.95. The van der Waals surface area contributed by atoms with Gasteiger partial charge in [0.2, 0.25) is 0 Å². The summed E-state index contributed by atoms with van der Waals surface area (Å²) in [5.74, 6) is 0.539. The largest absolute Gasteiger partial charge is 0.383 e. The maximum atomic E-state index is 6.38. The lowest BCUT2D eigenvalue weighted by Crippen LogP contribution is -2.06. The molecule has 0 spiro atoms. The summed E-state index contributed by atoms with van der Waals surface area (Å²) in [4.78, 5) is 9.49. The second kappa shape index (κ2) is 6.97. The van der Waals surface area contributed by atoms with Crippen molar-refractivity contribution in [3.8, 4) is 11.1 Å². The molecule has 5 aromatic rings. The van der Waals surface area contributed by atoms with Gasteiger partial charge >= 0.3 is 0 Å². The minimum absolute atomic E-state index is 0.539. The highest BCUT2D eigenvalue weighted by atomic mass is 79.9. The molecule has 2 N–H and O–H groups in total. The molecular formula is C23H18BrN5. The number of nitrogens with two attached hydrogens (primary N) is 1. The molecule has 0 aliphatic rings. The molecule has 0 aliphatic carbocycles.